The van der Waals surface area contributed by atoms with Gasteiger partial charge in [-0.05, 0) is 12.1 Å². The van der Waals surface area contributed by atoms with Crippen LogP contribution in [0.25, 0.3) is 5.69 Å². The van der Waals surface area contributed by atoms with Gasteiger partial charge in [-0.3, -0.25) is 9.69 Å². The molecule has 2 atom stereocenters. The Balaban J connectivity index is 1.50. The van der Waals surface area contributed by atoms with Gasteiger partial charge >= 0.3 is 0 Å². The van der Waals surface area contributed by atoms with E-state index >= 15 is 0 Å². The second-order valence-electron chi connectivity index (χ2n) is 6.60. The van der Waals surface area contributed by atoms with Crippen LogP contribution in [-0.4, -0.2) is 60.0 Å². The predicted octanol–water partition coefficient (Wildman–Crippen LogP) is 0.828. The quantitative estimate of drug-likeness (QED) is 0.891. The minimum absolute atomic E-state index is 0.0595. The van der Waals surface area contributed by atoms with Crippen molar-refractivity contribution < 1.29 is 14.3 Å². The van der Waals surface area contributed by atoms with Crippen molar-refractivity contribution in [1.82, 2.24) is 20.0 Å². The van der Waals surface area contributed by atoms with Crippen molar-refractivity contribution in [3.63, 3.8) is 0 Å². The first-order chi connectivity index (χ1) is 12.2. The van der Waals surface area contributed by atoms with Gasteiger partial charge in [0.1, 0.15) is 11.4 Å². The van der Waals surface area contributed by atoms with E-state index in [-0.39, 0.29) is 17.9 Å². The summed E-state index contributed by atoms with van der Waals surface area (Å²) >= 11 is 0. The van der Waals surface area contributed by atoms with Gasteiger partial charge in [-0.2, -0.15) is 5.10 Å². The fourth-order valence-corrected chi connectivity index (χ4v) is 3.50. The zero-order chi connectivity index (χ0) is 17.2. The number of hydrogen-bond acceptors (Lipinski definition) is 5. The third kappa shape index (κ3) is 3.38. The van der Waals surface area contributed by atoms with E-state index in [2.05, 4.69) is 15.3 Å². The molecule has 2 aromatic rings. The van der Waals surface area contributed by atoms with Crippen molar-refractivity contribution in [3.8, 4) is 11.4 Å². The number of para-hydroxylation sites is 2. The summed E-state index contributed by atoms with van der Waals surface area (Å²) in [6, 6.07) is 7.86. The highest BCUT2D eigenvalue weighted by Gasteiger charge is 2.33. The maximum absolute atomic E-state index is 12.1. The van der Waals surface area contributed by atoms with Gasteiger partial charge in [0.25, 0.3) is 0 Å². The van der Waals surface area contributed by atoms with Crippen LogP contribution in [0.5, 0.6) is 5.75 Å². The Morgan fingerprint density at radius 1 is 1.32 bits per heavy atom. The van der Waals surface area contributed by atoms with Crippen LogP contribution >= 0.6 is 0 Å². The largest absolute Gasteiger partial charge is 0.494 e. The van der Waals surface area contributed by atoms with Crippen molar-refractivity contribution in [2.24, 2.45) is 5.92 Å². The number of aromatic nitrogens is 2. The third-order valence-electron chi connectivity index (χ3n) is 4.69. The molecule has 25 heavy (non-hydrogen) atoms. The molecule has 1 aromatic heterocycles. The Hall–Kier alpha value is -2.38. The Labute approximate surface area is 146 Å². The standard InChI is InChI=1S/C18H22N4O3/c1-24-17-5-3-2-4-16(17)22-8-13(6-19-22)7-21-9-14-11-25-12-15(10-21)20-18(14)23/h2-6,8,14-15H,7,9-12H2,1H3,(H,20,23)/t14-,15+/m1/s1. The van der Waals surface area contributed by atoms with Crippen LogP contribution < -0.4 is 10.1 Å². The number of fused-ring (bicyclic) bond motifs is 3. The molecule has 2 aliphatic heterocycles. The zero-order valence-corrected chi connectivity index (χ0v) is 14.2. The number of nitrogens with one attached hydrogen (secondary N) is 1. The average Bonchev–Trinajstić information content (AvgIpc) is 2.92. The van der Waals surface area contributed by atoms with Gasteiger partial charge < -0.3 is 14.8 Å². The Kier molecular flexibility index (Phi) is 4.42. The van der Waals surface area contributed by atoms with Gasteiger partial charge in [0, 0.05) is 31.4 Å². The maximum atomic E-state index is 12.1. The van der Waals surface area contributed by atoms with Crippen molar-refractivity contribution in [1.29, 1.82) is 0 Å². The van der Waals surface area contributed by atoms with Gasteiger partial charge in [0.05, 0.1) is 38.5 Å². The highest BCUT2D eigenvalue weighted by atomic mass is 16.5. The summed E-state index contributed by atoms with van der Waals surface area (Å²) < 4.78 is 12.8. The molecule has 1 amide bonds. The van der Waals surface area contributed by atoms with E-state index in [9.17, 15) is 4.79 Å². The van der Waals surface area contributed by atoms with E-state index in [1.165, 1.54) is 0 Å². The van der Waals surface area contributed by atoms with Crippen LogP contribution in [0, 0.1) is 5.92 Å². The minimum atomic E-state index is -0.100. The first-order valence-electron chi connectivity index (χ1n) is 8.50. The molecule has 0 unspecified atom stereocenters. The molecule has 2 fully saturated rings. The van der Waals surface area contributed by atoms with Crippen molar-refractivity contribution >= 4 is 5.91 Å². The molecule has 2 bridgehead atoms. The molecular formula is C18H22N4O3. The van der Waals surface area contributed by atoms with Gasteiger partial charge in [0.15, 0.2) is 0 Å². The SMILES string of the molecule is COc1ccccc1-n1cc(CN2C[C@H]3COC[C@@H](C2)C(=O)N3)cn1. The topological polar surface area (TPSA) is 68.6 Å². The lowest BCUT2D eigenvalue weighted by atomic mass is 10.1. The Bertz CT molecular complexity index is 760. The average molecular weight is 342 g/mol. The molecule has 0 radical (unpaired) electrons. The summed E-state index contributed by atoms with van der Waals surface area (Å²) in [7, 11) is 1.66. The van der Waals surface area contributed by atoms with Crippen LogP contribution in [0.2, 0.25) is 0 Å². The number of hydrogen-bond donors (Lipinski definition) is 1. The molecule has 7 heteroatoms. The number of amides is 1. The molecule has 132 valence electrons. The smallest absolute Gasteiger partial charge is 0.227 e. The first-order valence-corrected chi connectivity index (χ1v) is 8.50. The summed E-state index contributed by atoms with van der Waals surface area (Å²) in [5.74, 6) is 0.792. The normalized spacial score (nSPS) is 23.8. The van der Waals surface area contributed by atoms with E-state index in [1.54, 1.807) is 7.11 Å². The molecule has 1 aromatic carbocycles. The Morgan fingerprint density at radius 2 is 2.20 bits per heavy atom. The molecule has 7 nitrogen and oxygen atoms in total. The fourth-order valence-electron chi connectivity index (χ4n) is 3.50. The number of ether oxygens (including phenoxy) is 2. The molecule has 2 saturated heterocycles. The summed E-state index contributed by atoms with van der Waals surface area (Å²) in [4.78, 5) is 14.4. The lowest BCUT2D eigenvalue weighted by molar-refractivity contribution is -0.125. The number of carbonyl (C=O) groups excluding carboxylic acids is 1. The van der Waals surface area contributed by atoms with Crippen LogP contribution in [0.3, 0.4) is 0 Å². The van der Waals surface area contributed by atoms with E-state index in [1.807, 2.05) is 41.3 Å². The molecule has 0 aliphatic carbocycles. The van der Waals surface area contributed by atoms with E-state index in [0.29, 0.717) is 19.8 Å². The monoisotopic (exact) mass is 342 g/mol. The molecular weight excluding hydrogens is 320 g/mol. The zero-order valence-electron chi connectivity index (χ0n) is 14.2. The third-order valence-corrected chi connectivity index (χ3v) is 4.69. The predicted molar refractivity (Wildman–Crippen MR) is 91.6 cm³/mol. The van der Waals surface area contributed by atoms with E-state index in [4.69, 9.17) is 9.47 Å². The molecule has 2 aliphatic rings. The van der Waals surface area contributed by atoms with E-state index < -0.39 is 0 Å². The molecule has 4 rings (SSSR count). The van der Waals surface area contributed by atoms with Crippen LogP contribution in [0.15, 0.2) is 36.7 Å². The molecule has 0 saturated carbocycles. The second-order valence-corrected chi connectivity index (χ2v) is 6.60. The second kappa shape index (κ2) is 6.85. The van der Waals surface area contributed by atoms with Crippen LogP contribution in [-0.2, 0) is 16.1 Å². The number of benzene rings is 1. The number of carbonyl (C=O) groups is 1. The first kappa shape index (κ1) is 16.1. The van der Waals surface area contributed by atoms with Crippen LogP contribution in [0.4, 0.5) is 0 Å². The van der Waals surface area contributed by atoms with Crippen LogP contribution in [0.1, 0.15) is 5.56 Å². The fraction of sp³-hybridized carbons (Fsp3) is 0.444. The number of methoxy groups -OCH3 is 1. The van der Waals surface area contributed by atoms with Crippen molar-refractivity contribution in [2.45, 2.75) is 12.6 Å². The summed E-state index contributed by atoms with van der Waals surface area (Å²) in [5.41, 5.74) is 2.02. The lowest BCUT2D eigenvalue weighted by Crippen LogP contribution is -2.41. The number of nitrogens with zero attached hydrogens (tertiary/aromatic N) is 3. The summed E-state index contributed by atoms with van der Waals surface area (Å²) in [6.07, 6.45) is 3.89. The van der Waals surface area contributed by atoms with Gasteiger partial charge in [-0.1, -0.05) is 12.1 Å². The Morgan fingerprint density at radius 3 is 3.08 bits per heavy atom. The van der Waals surface area contributed by atoms with E-state index in [0.717, 1.165) is 30.1 Å². The minimum Gasteiger partial charge on any atom is -0.494 e. The molecule has 1 N–H and O–H groups in total. The lowest BCUT2D eigenvalue weighted by Gasteiger charge is -2.26. The van der Waals surface area contributed by atoms with Gasteiger partial charge in [0.2, 0.25) is 5.91 Å². The summed E-state index contributed by atoms with van der Waals surface area (Å²) in [6.45, 7) is 3.35. The number of rotatable bonds is 4. The van der Waals surface area contributed by atoms with Crippen molar-refractivity contribution in [3.05, 3.63) is 42.2 Å². The molecule has 3 heterocycles. The summed E-state index contributed by atoms with van der Waals surface area (Å²) in [5, 5.41) is 7.53. The van der Waals surface area contributed by atoms with Gasteiger partial charge in [-0.25, -0.2) is 4.68 Å². The molecule has 0 spiro atoms. The highest BCUT2D eigenvalue weighted by molar-refractivity contribution is 5.79. The van der Waals surface area contributed by atoms with Gasteiger partial charge in [-0.15, -0.1) is 0 Å². The van der Waals surface area contributed by atoms with Crippen molar-refractivity contribution in [2.75, 3.05) is 33.4 Å². The maximum Gasteiger partial charge on any atom is 0.227 e. The highest BCUT2D eigenvalue weighted by Crippen LogP contribution is 2.22.